The molecule has 180 valence electrons. The molecule has 0 saturated heterocycles. The van der Waals surface area contributed by atoms with Gasteiger partial charge in [-0.1, -0.05) is 55.5 Å². The van der Waals surface area contributed by atoms with E-state index in [4.69, 9.17) is 9.84 Å². The third kappa shape index (κ3) is 5.19. The molecule has 0 radical (unpaired) electrons. The van der Waals surface area contributed by atoms with E-state index in [0.717, 1.165) is 22.3 Å². The highest BCUT2D eigenvalue weighted by Crippen LogP contribution is 2.44. The van der Waals surface area contributed by atoms with E-state index in [9.17, 15) is 14.4 Å². The topological polar surface area (TPSA) is 105 Å². The Morgan fingerprint density at radius 2 is 1.60 bits per heavy atom. The lowest BCUT2D eigenvalue weighted by Gasteiger charge is -2.15. The summed E-state index contributed by atoms with van der Waals surface area (Å²) in [4.78, 5) is 36.1. The first-order chi connectivity index (χ1) is 16.9. The number of fused-ring (bicyclic) bond motifs is 3. The number of rotatable bonds is 8. The smallest absolute Gasteiger partial charge is 0.411 e. The lowest BCUT2D eigenvalue weighted by atomic mass is 9.98. The molecule has 1 aliphatic rings. The van der Waals surface area contributed by atoms with Gasteiger partial charge >= 0.3 is 12.1 Å². The molecule has 0 aromatic heterocycles. The van der Waals surface area contributed by atoms with E-state index in [0.29, 0.717) is 23.2 Å². The number of ether oxygens (including phenoxy) is 1. The minimum Gasteiger partial charge on any atom is -0.481 e. The summed E-state index contributed by atoms with van der Waals surface area (Å²) in [5.41, 5.74) is 6.22. The Bertz CT molecular complexity index is 1220. The number of carboxylic acid groups (broad SMARTS) is 1. The first-order valence-electron chi connectivity index (χ1n) is 11.6. The van der Waals surface area contributed by atoms with Crippen LogP contribution in [-0.4, -0.2) is 36.2 Å². The molecule has 1 unspecified atom stereocenters. The molecule has 4 rings (SSSR count). The van der Waals surface area contributed by atoms with Crippen LogP contribution in [0.25, 0.3) is 11.1 Å². The Labute approximate surface area is 204 Å². The number of carbonyl (C=O) groups is 3. The van der Waals surface area contributed by atoms with Crippen molar-refractivity contribution in [3.8, 4) is 11.1 Å². The number of hydrogen-bond acceptors (Lipinski definition) is 4. The van der Waals surface area contributed by atoms with Gasteiger partial charge in [0.1, 0.15) is 6.61 Å². The number of carboxylic acids is 1. The molecule has 1 aliphatic carbocycles. The molecular weight excluding hydrogens is 444 g/mol. The van der Waals surface area contributed by atoms with Crippen LogP contribution in [0, 0.1) is 12.8 Å². The van der Waals surface area contributed by atoms with E-state index in [1.165, 1.54) is 0 Å². The molecule has 0 bridgehead atoms. The molecule has 3 N–H and O–H groups in total. The van der Waals surface area contributed by atoms with Crippen molar-refractivity contribution in [1.82, 2.24) is 5.32 Å². The van der Waals surface area contributed by atoms with Crippen molar-refractivity contribution < 1.29 is 24.2 Å². The molecule has 3 aromatic carbocycles. The lowest BCUT2D eigenvalue weighted by Crippen LogP contribution is -2.32. The van der Waals surface area contributed by atoms with Crippen LogP contribution < -0.4 is 10.6 Å². The van der Waals surface area contributed by atoms with Gasteiger partial charge in [-0.2, -0.15) is 0 Å². The van der Waals surface area contributed by atoms with Crippen LogP contribution in [0.15, 0.2) is 66.7 Å². The quantitative estimate of drug-likeness (QED) is 0.418. The zero-order valence-corrected chi connectivity index (χ0v) is 19.7. The molecule has 0 spiro atoms. The standard InChI is InChI=1S/C28H28N2O5/c1-3-18(27(32)33)15-29-26(31)19-12-13-25(17(2)14-19)30-28(34)35-16-24-22-10-6-4-8-20(22)21-9-5-7-11-23(21)24/h4-14,18,24H,3,15-16H2,1-2H3,(H,29,31)(H,30,34)(H,32,33). The van der Waals surface area contributed by atoms with Gasteiger partial charge in [0, 0.05) is 23.7 Å². The highest BCUT2D eigenvalue weighted by Gasteiger charge is 2.29. The first-order valence-corrected chi connectivity index (χ1v) is 11.6. The number of nitrogens with one attached hydrogen (secondary N) is 2. The summed E-state index contributed by atoms with van der Waals surface area (Å²) in [7, 11) is 0. The minimum atomic E-state index is -0.938. The molecule has 3 aromatic rings. The second kappa shape index (κ2) is 10.4. The normalized spacial score (nSPS) is 12.9. The Hall–Kier alpha value is -4.13. The van der Waals surface area contributed by atoms with Gasteiger partial charge in [-0.3, -0.25) is 14.9 Å². The Kier molecular flexibility index (Phi) is 7.15. The number of amides is 2. The van der Waals surface area contributed by atoms with E-state index in [-0.39, 0.29) is 25.0 Å². The largest absolute Gasteiger partial charge is 0.481 e. The summed E-state index contributed by atoms with van der Waals surface area (Å²) in [6.45, 7) is 3.81. The molecule has 2 amide bonds. The zero-order valence-electron chi connectivity index (χ0n) is 19.7. The highest BCUT2D eigenvalue weighted by atomic mass is 16.5. The van der Waals surface area contributed by atoms with Crippen molar-refractivity contribution in [3.63, 3.8) is 0 Å². The van der Waals surface area contributed by atoms with Crippen LogP contribution in [0.1, 0.15) is 46.3 Å². The van der Waals surface area contributed by atoms with Gasteiger partial charge in [-0.05, 0) is 59.4 Å². The summed E-state index contributed by atoms with van der Waals surface area (Å²) in [5, 5.41) is 14.5. The summed E-state index contributed by atoms with van der Waals surface area (Å²) >= 11 is 0. The third-order valence-corrected chi connectivity index (χ3v) is 6.42. The van der Waals surface area contributed by atoms with Gasteiger partial charge in [0.05, 0.1) is 5.92 Å². The average molecular weight is 473 g/mol. The van der Waals surface area contributed by atoms with Crippen LogP contribution in [-0.2, 0) is 9.53 Å². The van der Waals surface area contributed by atoms with E-state index in [1.54, 1.807) is 32.0 Å². The Morgan fingerprint density at radius 3 is 2.17 bits per heavy atom. The molecule has 35 heavy (non-hydrogen) atoms. The number of hydrogen-bond donors (Lipinski definition) is 3. The van der Waals surface area contributed by atoms with Gasteiger partial charge in [0.15, 0.2) is 0 Å². The van der Waals surface area contributed by atoms with Gasteiger partial charge in [-0.25, -0.2) is 4.79 Å². The molecule has 7 heteroatoms. The Balaban J connectivity index is 1.37. The van der Waals surface area contributed by atoms with Crippen molar-refractivity contribution in [1.29, 1.82) is 0 Å². The molecule has 0 heterocycles. The minimum absolute atomic E-state index is 0.0296. The van der Waals surface area contributed by atoms with Crippen LogP contribution in [0.3, 0.4) is 0 Å². The van der Waals surface area contributed by atoms with E-state index in [2.05, 4.69) is 34.9 Å². The second-order valence-electron chi connectivity index (χ2n) is 8.63. The molecule has 0 aliphatic heterocycles. The fourth-order valence-corrected chi connectivity index (χ4v) is 4.41. The maximum atomic E-state index is 12.6. The van der Waals surface area contributed by atoms with E-state index < -0.39 is 18.0 Å². The SMILES string of the molecule is CCC(CNC(=O)c1ccc(NC(=O)OCC2c3ccccc3-c3ccccc32)c(C)c1)C(=O)O. The summed E-state index contributed by atoms with van der Waals surface area (Å²) < 4.78 is 5.59. The van der Waals surface area contributed by atoms with E-state index in [1.807, 2.05) is 24.3 Å². The van der Waals surface area contributed by atoms with Crippen LogP contribution in [0.2, 0.25) is 0 Å². The van der Waals surface area contributed by atoms with Gasteiger partial charge in [0.25, 0.3) is 5.91 Å². The predicted molar refractivity (Wildman–Crippen MR) is 134 cm³/mol. The van der Waals surface area contributed by atoms with Gasteiger partial charge < -0.3 is 15.2 Å². The monoisotopic (exact) mass is 472 g/mol. The van der Waals surface area contributed by atoms with Crippen LogP contribution in [0.4, 0.5) is 10.5 Å². The maximum Gasteiger partial charge on any atom is 0.411 e. The number of carbonyl (C=O) groups excluding carboxylic acids is 2. The van der Waals surface area contributed by atoms with Crippen molar-refractivity contribution in [2.24, 2.45) is 5.92 Å². The fourth-order valence-electron chi connectivity index (χ4n) is 4.41. The second-order valence-corrected chi connectivity index (χ2v) is 8.63. The van der Waals surface area contributed by atoms with Crippen molar-refractivity contribution in [2.45, 2.75) is 26.2 Å². The molecule has 7 nitrogen and oxygen atoms in total. The van der Waals surface area contributed by atoms with Gasteiger partial charge in [-0.15, -0.1) is 0 Å². The van der Waals surface area contributed by atoms with Crippen molar-refractivity contribution in [3.05, 3.63) is 89.0 Å². The first kappa shape index (κ1) is 24.0. The molecule has 0 fully saturated rings. The van der Waals surface area contributed by atoms with Crippen molar-refractivity contribution >= 4 is 23.7 Å². The molecule has 0 saturated carbocycles. The fraction of sp³-hybridized carbons (Fsp3) is 0.250. The summed E-state index contributed by atoms with van der Waals surface area (Å²) in [6.07, 6.45) is -0.142. The van der Waals surface area contributed by atoms with Gasteiger partial charge in [0.2, 0.25) is 0 Å². The number of benzene rings is 3. The average Bonchev–Trinajstić information content (AvgIpc) is 3.17. The lowest BCUT2D eigenvalue weighted by molar-refractivity contribution is -0.141. The number of aryl methyl sites for hydroxylation is 1. The van der Waals surface area contributed by atoms with E-state index >= 15 is 0 Å². The summed E-state index contributed by atoms with van der Waals surface area (Å²) in [6, 6.07) is 21.2. The number of anilines is 1. The van der Waals surface area contributed by atoms with Crippen LogP contribution >= 0.6 is 0 Å². The zero-order chi connectivity index (χ0) is 24.9. The third-order valence-electron chi connectivity index (χ3n) is 6.42. The number of aliphatic carboxylic acids is 1. The molecular formula is C28H28N2O5. The highest BCUT2D eigenvalue weighted by molar-refractivity contribution is 5.96. The van der Waals surface area contributed by atoms with Crippen LogP contribution in [0.5, 0.6) is 0 Å². The Morgan fingerprint density at radius 1 is 0.971 bits per heavy atom. The molecule has 1 atom stereocenters. The summed E-state index contributed by atoms with van der Waals surface area (Å²) in [5.74, 6) is -1.96. The van der Waals surface area contributed by atoms with Crippen molar-refractivity contribution in [2.75, 3.05) is 18.5 Å². The maximum absolute atomic E-state index is 12.6. The predicted octanol–water partition coefficient (Wildman–Crippen LogP) is 5.20.